The normalized spacial score (nSPS) is 12.5. The Balaban J connectivity index is 2.40. The van der Waals surface area contributed by atoms with Crippen molar-refractivity contribution < 1.29 is 8.78 Å². The molecule has 0 saturated carbocycles. The SMILES string of the molecule is Cc1cc(C(Br)c2cc(F)cc(Br)c2)ccc1F. The Morgan fingerprint density at radius 2 is 1.72 bits per heavy atom. The maximum absolute atomic E-state index is 13.3. The zero-order chi connectivity index (χ0) is 13.3. The van der Waals surface area contributed by atoms with E-state index in [0.717, 1.165) is 11.1 Å². The van der Waals surface area contributed by atoms with E-state index in [-0.39, 0.29) is 16.5 Å². The number of rotatable bonds is 2. The van der Waals surface area contributed by atoms with Crippen molar-refractivity contribution in [3.8, 4) is 0 Å². The van der Waals surface area contributed by atoms with Gasteiger partial charge in [0.2, 0.25) is 0 Å². The summed E-state index contributed by atoms with van der Waals surface area (Å²) < 4.78 is 27.2. The Labute approximate surface area is 121 Å². The van der Waals surface area contributed by atoms with Crippen LogP contribution in [0, 0.1) is 18.6 Å². The van der Waals surface area contributed by atoms with Crippen LogP contribution in [-0.4, -0.2) is 0 Å². The number of aryl methyl sites for hydroxylation is 1. The van der Waals surface area contributed by atoms with Gasteiger partial charge in [0.25, 0.3) is 0 Å². The zero-order valence-corrected chi connectivity index (χ0v) is 12.7. The lowest BCUT2D eigenvalue weighted by Gasteiger charge is -2.12. The van der Waals surface area contributed by atoms with Crippen molar-refractivity contribution in [1.29, 1.82) is 0 Å². The van der Waals surface area contributed by atoms with Gasteiger partial charge in [0, 0.05) is 4.47 Å². The van der Waals surface area contributed by atoms with Crippen molar-refractivity contribution >= 4 is 31.9 Å². The minimum atomic E-state index is -0.303. The Hall–Kier alpha value is -0.740. The number of halogens is 4. The maximum Gasteiger partial charge on any atom is 0.126 e. The van der Waals surface area contributed by atoms with Crippen LogP contribution in [0.1, 0.15) is 21.5 Å². The van der Waals surface area contributed by atoms with Crippen LogP contribution in [0.3, 0.4) is 0 Å². The van der Waals surface area contributed by atoms with Crippen molar-refractivity contribution in [2.24, 2.45) is 0 Å². The van der Waals surface area contributed by atoms with Crippen molar-refractivity contribution in [2.75, 3.05) is 0 Å². The molecule has 0 fully saturated rings. The van der Waals surface area contributed by atoms with E-state index >= 15 is 0 Å². The second-order valence-electron chi connectivity index (χ2n) is 4.07. The molecule has 2 rings (SSSR count). The first-order valence-corrected chi connectivity index (χ1v) is 7.04. The zero-order valence-electron chi connectivity index (χ0n) is 9.55. The number of alkyl halides is 1. The highest BCUT2D eigenvalue weighted by Crippen LogP contribution is 2.33. The van der Waals surface area contributed by atoms with Crippen LogP contribution in [0.5, 0.6) is 0 Å². The molecule has 0 aliphatic rings. The molecule has 94 valence electrons. The molecule has 0 radical (unpaired) electrons. The van der Waals surface area contributed by atoms with Gasteiger partial charge in [0.1, 0.15) is 11.6 Å². The quantitative estimate of drug-likeness (QED) is 0.606. The molecule has 0 amide bonds. The van der Waals surface area contributed by atoms with Crippen LogP contribution in [-0.2, 0) is 0 Å². The largest absolute Gasteiger partial charge is 0.207 e. The second kappa shape index (κ2) is 5.49. The first-order chi connectivity index (χ1) is 8.47. The van der Waals surface area contributed by atoms with Crippen LogP contribution in [0.25, 0.3) is 0 Å². The Morgan fingerprint density at radius 3 is 2.33 bits per heavy atom. The summed E-state index contributed by atoms with van der Waals surface area (Å²) in [5.41, 5.74) is 2.26. The maximum atomic E-state index is 13.3. The highest BCUT2D eigenvalue weighted by molar-refractivity contribution is 9.10. The molecular formula is C14H10Br2F2. The molecule has 0 aliphatic heterocycles. The fourth-order valence-corrected chi connectivity index (χ4v) is 2.77. The van der Waals surface area contributed by atoms with Crippen molar-refractivity contribution in [2.45, 2.75) is 11.8 Å². The second-order valence-corrected chi connectivity index (χ2v) is 5.91. The van der Waals surface area contributed by atoms with E-state index < -0.39 is 0 Å². The first-order valence-electron chi connectivity index (χ1n) is 5.33. The van der Waals surface area contributed by atoms with Gasteiger partial charge in [0.15, 0.2) is 0 Å². The lowest BCUT2D eigenvalue weighted by Crippen LogP contribution is -1.95. The van der Waals surface area contributed by atoms with Gasteiger partial charge >= 0.3 is 0 Å². The molecule has 0 bridgehead atoms. The lowest BCUT2D eigenvalue weighted by atomic mass is 10.0. The smallest absolute Gasteiger partial charge is 0.126 e. The van der Waals surface area contributed by atoms with Crippen LogP contribution in [0.2, 0.25) is 0 Å². The Bertz CT molecular complexity index is 562. The fraction of sp³-hybridized carbons (Fsp3) is 0.143. The summed E-state index contributed by atoms with van der Waals surface area (Å²) in [7, 11) is 0. The van der Waals surface area contributed by atoms with E-state index in [1.165, 1.54) is 18.2 Å². The number of benzene rings is 2. The van der Waals surface area contributed by atoms with Crippen molar-refractivity contribution in [3.05, 3.63) is 69.2 Å². The summed E-state index contributed by atoms with van der Waals surface area (Å²) in [5, 5.41) is 0. The topological polar surface area (TPSA) is 0 Å². The molecule has 1 atom stereocenters. The Kier molecular flexibility index (Phi) is 4.17. The van der Waals surface area contributed by atoms with E-state index in [0.29, 0.717) is 10.0 Å². The van der Waals surface area contributed by atoms with Gasteiger partial charge < -0.3 is 0 Å². The van der Waals surface area contributed by atoms with Gasteiger partial charge in [-0.25, -0.2) is 8.78 Å². The molecule has 0 aromatic heterocycles. The Morgan fingerprint density at radius 1 is 1.00 bits per heavy atom. The first kappa shape index (κ1) is 13.7. The number of hydrogen-bond donors (Lipinski definition) is 0. The third-order valence-corrected chi connectivity index (χ3v) is 4.17. The molecule has 0 heterocycles. The predicted octanol–water partition coefficient (Wildman–Crippen LogP) is 5.52. The highest BCUT2D eigenvalue weighted by Gasteiger charge is 2.13. The van der Waals surface area contributed by atoms with Crippen LogP contribution in [0.4, 0.5) is 8.78 Å². The van der Waals surface area contributed by atoms with E-state index in [4.69, 9.17) is 0 Å². The lowest BCUT2D eigenvalue weighted by molar-refractivity contribution is 0.617. The standard InChI is InChI=1S/C14H10Br2F2/c1-8-4-9(2-3-13(8)18)14(16)10-5-11(15)7-12(17)6-10/h2-7,14H,1H3. The van der Waals surface area contributed by atoms with Gasteiger partial charge in [-0.1, -0.05) is 44.0 Å². The van der Waals surface area contributed by atoms with Crippen LogP contribution in [0.15, 0.2) is 40.9 Å². The van der Waals surface area contributed by atoms with E-state index in [9.17, 15) is 8.78 Å². The molecule has 1 unspecified atom stereocenters. The highest BCUT2D eigenvalue weighted by atomic mass is 79.9. The van der Waals surface area contributed by atoms with E-state index in [2.05, 4.69) is 31.9 Å². The molecule has 0 aliphatic carbocycles. The van der Waals surface area contributed by atoms with Crippen molar-refractivity contribution in [1.82, 2.24) is 0 Å². The van der Waals surface area contributed by atoms with E-state index in [1.54, 1.807) is 19.1 Å². The van der Waals surface area contributed by atoms with Crippen LogP contribution < -0.4 is 0 Å². The summed E-state index contributed by atoms with van der Waals surface area (Å²) in [5.74, 6) is -0.540. The van der Waals surface area contributed by atoms with E-state index in [1.807, 2.05) is 6.07 Å². The monoisotopic (exact) mass is 374 g/mol. The minimum absolute atomic E-state index is 0.163. The average Bonchev–Trinajstić information content (AvgIpc) is 2.30. The molecule has 0 saturated heterocycles. The van der Waals surface area contributed by atoms with Crippen molar-refractivity contribution in [3.63, 3.8) is 0 Å². The predicted molar refractivity (Wildman–Crippen MR) is 76.0 cm³/mol. The van der Waals surface area contributed by atoms with Crippen LogP contribution >= 0.6 is 31.9 Å². The molecule has 0 N–H and O–H groups in total. The van der Waals surface area contributed by atoms with Gasteiger partial charge in [-0.3, -0.25) is 0 Å². The molecule has 2 aromatic carbocycles. The average molecular weight is 376 g/mol. The summed E-state index contributed by atoms with van der Waals surface area (Å²) >= 11 is 6.77. The molecule has 2 aromatic rings. The number of hydrogen-bond acceptors (Lipinski definition) is 0. The molecule has 18 heavy (non-hydrogen) atoms. The van der Waals surface area contributed by atoms with Gasteiger partial charge in [-0.05, 0) is 47.9 Å². The third kappa shape index (κ3) is 2.98. The molecular weight excluding hydrogens is 366 g/mol. The summed E-state index contributed by atoms with van der Waals surface area (Å²) in [6.45, 7) is 1.71. The summed E-state index contributed by atoms with van der Waals surface area (Å²) in [6, 6.07) is 9.57. The molecule has 0 nitrogen and oxygen atoms in total. The minimum Gasteiger partial charge on any atom is -0.207 e. The summed E-state index contributed by atoms with van der Waals surface area (Å²) in [4.78, 5) is -0.163. The van der Waals surface area contributed by atoms with Gasteiger partial charge in [-0.2, -0.15) is 0 Å². The van der Waals surface area contributed by atoms with Gasteiger partial charge in [0.05, 0.1) is 4.83 Å². The molecule has 0 spiro atoms. The summed E-state index contributed by atoms with van der Waals surface area (Å²) in [6.07, 6.45) is 0. The fourth-order valence-electron chi connectivity index (χ4n) is 1.74. The third-order valence-electron chi connectivity index (χ3n) is 2.65. The van der Waals surface area contributed by atoms with Gasteiger partial charge in [-0.15, -0.1) is 0 Å². The molecule has 4 heteroatoms.